The third-order valence-corrected chi connectivity index (χ3v) is 7.64. The molecule has 0 saturated heterocycles. The van der Waals surface area contributed by atoms with Crippen molar-refractivity contribution in [2.75, 3.05) is 5.32 Å². The van der Waals surface area contributed by atoms with Crippen LogP contribution in [0.3, 0.4) is 0 Å². The predicted molar refractivity (Wildman–Crippen MR) is 119 cm³/mol. The van der Waals surface area contributed by atoms with Crippen LogP contribution < -0.4 is 5.32 Å². The largest absolute Gasteiger partial charge is 0.416 e. The molecule has 2 aromatic heterocycles. The molecule has 1 aliphatic carbocycles. The lowest BCUT2D eigenvalue weighted by Gasteiger charge is -2.12. The average Bonchev–Trinajstić information content (AvgIpc) is 3.33. The first-order chi connectivity index (χ1) is 14.9. The van der Waals surface area contributed by atoms with Gasteiger partial charge in [0, 0.05) is 16.0 Å². The predicted octanol–water partition coefficient (Wildman–Crippen LogP) is 7.17. The topological polar surface area (TPSA) is 42.0 Å². The molecule has 31 heavy (non-hydrogen) atoms. The quantitative estimate of drug-likeness (QED) is 0.353. The molecule has 0 fully saturated rings. The van der Waals surface area contributed by atoms with Gasteiger partial charge in [-0.05, 0) is 67.6 Å². The Bertz CT molecular complexity index is 1240. The van der Waals surface area contributed by atoms with Gasteiger partial charge in [0.2, 0.25) is 0 Å². The van der Waals surface area contributed by atoms with E-state index in [4.69, 9.17) is 4.98 Å². The molecule has 0 unspecified atom stereocenters. The number of para-hydroxylation sites is 1. The Morgan fingerprint density at radius 3 is 2.45 bits per heavy atom. The lowest BCUT2D eigenvalue weighted by molar-refractivity contribution is -0.137. The van der Waals surface area contributed by atoms with Crippen LogP contribution in [-0.4, -0.2) is 10.9 Å². The maximum atomic E-state index is 12.8. The molecule has 1 N–H and O–H groups in total. The summed E-state index contributed by atoms with van der Waals surface area (Å²) in [5.41, 5.74) is 2.53. The fourth-order valence-electron chi connectivity index (χ4n) is 3.85. The van der Waals surface area contributed by atoms with Gasteiger partial charge in [0.1, 0.15) is 10.0 Å². The highest BCUT2D eigenvalue weighted by Crippen LogP contribution is 2.46. The summed E-state index contributed by atoms with van der Waals surface area (Å²) in [6.45, 7) is 0. The minimum absolute atomic E-state index is 0.189. The van der Waals surface area contributed by atoms with Crippen molar-refractivity contribution in [3.63, 3.8) is 0 Å². The van der Waals surface area contributed by atoms with E-state index in [1.54, 1.807) is 22.7 Å². The number of alkyl halides is 3. The van der Waals surface area contributed by atoms with Crippen LogP contribution in [0.15, 0.2) is 48.5 Å². The number of rotatable bonds is 3. The molecule has 8 heteroatoms. The highest BCUT2D eigenvalue weighted by molar-refractivity contribution is 7.23. The number of nitrogens with one attached hydrogen (secondary N) is 1. The number of aryl methyl sites for hydroxylation is 1. The summed E-state index contributed by atoms with van der Waals surface area (Å²) in [7, 11) is 0. The van der Waals surface area contributed by atoms with Crippen LogP contribution in [0.25, 0.3) is 20.8 Å². The lowest BCUT2D eigenvalue weighted by Crippen LogP contribution is -2.12. The molecule has 0 bridgehead atoms. The Balaban J connectivity index is 1.52. The van der Waals surface area contributed by atoms with E-state index in [0.29, 0.717) is 0 Å². The van der Waals surface area contributed by atoms with Crippen molar-refractivity contribution in [1.82, 2.24) is 4.98 Å². The van der Waals surface area contributed by atoms with Crippen LogP contribution in [0.2, 0.25) is 0 Å². The third-order valence-electron chi connectivity index (χ3n) is 5.38. The summed E-state index contributed by atoms with van der Waals surface area (Å²) < 4.78 is 39.5. The summed E-state index contributed by atoms with van der Waals surface area (Å²) >= 11 is 3.14. The van der Waals surface area contributed by atoms with Crippen molar-refractivity contribution in [1.29, 1.82) is 0 Å². The Morgan fingerprint density at radius 1 is 0.968 bits per heavy atom. The molecule has 4 aromatic rings. The second kappa shape index (κ2) is 7.76. The van der Waals surface area contributed by atoms with E-state index in [0.717, 1.165) is 63.6 Å². The van der Waals surface area contributed by atoms with Gasteiger partial charge in [0.15, 0.2) is 0 Å². The number of hydrogen-bond donors (Lipinski definition) is 1. The first-order valence-electron chi connectivity index (χ1n) is 9.89. The Morgan fingerprint density at radius 2 is 1.71 bits per heavy atom. The molecule has 1 aliphatic rings. The minimum atomic E-state index is -4.43. The summed E-state index contributed by atoms with van der Waals surface area (Å²) in [5.74, 6) is -0.422. The Hall–Kier alpha value is -2.71. The fraction of sp³-hybridized carbons (Fsp3) is 0.217. The molecule has 0 spiro atoms. The van der Waals surface area contributed by atoms with Crippen LogP contribution in [0.1, 0.15) is 39.2 Å². The van der Waals surface area contributed by atoms with E-state index < -0.39 is 17.6 Å². The highest BCUT2D eigenvalue weighted by Gasteiger charge is 2.30. The molecule has 158 valence electrons. The van der Waals surface area contributed by atoms with Crippen LogP contribution >= 0.6 is 22.7 Å². The zero-order valence-electron chi connectivity index (χ0n) is 16.3. The summed E-state index contributed by atoms with van der Waals surface area (Å²) in [6.07, 6.45) is -0.323. The van der Waals surface area contributed by atoms with Gasteiger partial charge in [-0.15, -0.1) is 22.7 Å². The lowest BCUT2D eigenvalue weighted by atomic mass is 9.95. The number of anilines is 1. The second-order valence-corrected chi connectivity index (χ2v) is 9.57. The van der Waals surface area contributed by atoms with Crippen molar-refractivity contribution in [2.45, 2.75) is 31.9 Å². The summed E-state index contributed by atoms with van der Waals surface area (Å²) in [5, 5.41) is 4.53. The second-order valence-electron chi connectivity index (χ2n) is 7.43. The van der Waals surface area contributed by atoms with Gasteiger partial charge in [0.25, 0.3) is 5.91 Å². The van der Waals surface area contributed by atoms with E-state index >= 15 is 0 Å². The number of amides is 1. The van der Waals surface area contributed by atoms with E-state index in [1.807, 2.05) is 24.3 Å². The van der Waals surface area contributed by atoms with Gasteiger partial charge in [-0.25, -0.2) is 4.98 Å². The number of fused-ring (bicyclic) bond motifs is 2. The summed E-state index contributed by atoms with van der Waals surface area (Å²) in [4.78, 5) is 18.9. The van der Waals surface area contributed by atoms with E-state index in [2.05, 4.69) is 5.32 Å². The molecule has 3 nitrogen and oxygen atoms in total. The number of thiophene rings is 1. The Labute approximate surface area is 184 Å². The maximum absolute atomic E-state index is 12.8. The first kappa shape index (κ1) is 20.2. The molecule has 1 amide bonds. The van der Waals surface area contributed by atoms with E-state index in [1.165, 1.54) is 22.6 Å². The molecule has 2 aromatic carbocycles. The number of carbonyl (C=O) groups excluding carboxylic acids is 1. The van der Waals surface area contributed by atoms with Crippen molar-refractivity contribution < 1.29 is 18.0 Å². The number of nitrogens with zero attached hydrogens (tertiary/aromatic N) is 1. The molecular weight excluding hydrogens is 441 g/mol. The van der Waals surface area contributed by atoms with Gasteiger partial charge in [-0.1, -0.05) is 12.1 Å². The smallest absolute Gasteiger partial charge is 0.313 e. The molecule has 5 rings (SSSR count). The number of benzene rings is 2. The Kier molecular flexibility index (Phi) is 5.06. The molecule has 2 heterocycles. The third kappa shape index (κ3) is 3.85. The molecule has 0 saturated carbocycles. The summed E-state index contributed by atoms with van der Waals surface area (Å²) in [6, 6.07) is 12.2. The van der Waals surface area contributed by atoms with Crippen molar-refractivity contribution >= 4 is 43.8 Å². The van der Waals surface area contributed by atoms with Crippen LogP contribution in [0.5, 0.6) is 0 Å². The zero-order valence-corrected chi connectivity index (χ0v) is 17.9. The maximum Gasteiger partial charge on any atom is 0.416 e. The number of hydrogen-bond acceptors (Lipinski definition) is 4. The standard InChI is InChI=1S/C23H17F3N2OS2/c24-23(25,26)14-11-9-13(10-12-14)20(29)28-22-19(15-5-1-3-7-17(15)30-22)21-27-16-6-2-4-8-18(16)31-21/h2,4,6,8-12H,1,3,5,7H2,(H,28,29). The van der Waals surface area contributed by atoms with Crippen molar-refractivity contribution in [3.8, 4) is 10.6 Å². The zero-order chi connectivity index (χ0) is 21.6. The average molecular weight is 459 g/mol. The minimum Gasteiger partial charge on any atom is -0.313 e. The molecule has 0 aliphatic heterocycles. The molecule has 0 radical (unpaired) electrons. The number of thiazole rings is 1. The van der Waals surface area contributed by atoms with Gasteiger partial charge in [-0.3, -0.25) is 4.79 Å². The van der Waals surface area contributed by atoms with Crippen LogP contribution in [-0.2, 0) is 19.0 Å². The number of aromatic nitrogens is 1. The van der Waals surface area contributed by atoms with Crippen molar-refractivity contribution in [2.24, 2.45) is 0 Å². The van der Waals surface area contributed by atoms with Gasteiger partial charge < -0.3 is 5.32 Å². The number of halogens is 3. The normalized spacial score (nSPS) is 13.9. The van der Waals surface area contributed by atoms with Crippen LogP contribution in [0, 0.1) is 0 Å². The van der Waals surface area contributed by atoms with E-state index in [-0.39, 0.29) is 5.56 Å². The fourth-order valence-corrected chi connectivity index (χ4v) is 6.24. The van der Waals surface area contributed by atoms with Gasteiger partial charge in [0.05, 0.1) is 15.8 Å². The first-order valence-corrected chi connectivity index (χ1v) is 11.5. The van der Waals surface area contributed by atoms with E-state index in [9.17, 15) is 18.0 Å². The highest BCUT2D eigenvalue weighted by atomic mass is 32.1. The number of carbonyl (C=O) groups is 1. The van der Waals surface area contributed by atoms with Crippen LogP contribution in [0.4, 0.5) is 18.2 Å². The van der Waals surface area contributed by atoms with Crippen molar-refractivity contribution in [3.05, 3.63) is 70.1 Å². The van der Waals surface area contributed by atoms with Gasteiger partial charge >= 0.3 is 6.18 Å². The SMILES string of the molecule is O=C(Nc1sc2c(c1-c1nc3ccccc3s1)CCCC2)c1ccc(C(F)(F)F)cc1. The monoisotopic (exact) mass is 458 g/mol. The molecule has 0 atom stereocenters. The molecular formula is C23H17F3N2OS2. The van der Waals surface area contributed by atoms with Gasteiger partial charge in [-0.2, -0.15) is 13.2 Å².